The van der Waals surface area contributed by atoms with Gasteiger partial charge in [-0.2, -0.15) is 0 Å². The molecule has 1 nitrogen and oxygen atoms in total. The first-order valence-corrected chi connectivity index (χ1v) is 8.00. The first kappa shape index (κ1) is 13.9. The second-order valence-electron chi connectivity index (χ2n) is 6.04. The zero-order valence-electron chi connectivity index (χ0n) is 13.2. The van der Waals surface area contributed by atoms with E-state index in [0.717, 1.165) is 0 Å². The summed E-state index contributed by atoms with van der Waals surface area (Å²) >= 11 is 0. The first-order valence-electron chi connectivity index (χ1n) is 8.00. The predicted octanol–water partition coefficient (Wildman–Crippen LogP) is 4.40. The molecular formula is C21H18BN. The third kappa shape index (κ3) is 2.68. The van der Waals surface area contributed by atoms with E-state index in [0.29, 0.717) is 0 Å². The minimum absolute atomic E-state index is 0.175. The maximum Gasteiger partial charge on any atom is 0.321 e. The van der Waals surface area contributed by atoms with Crippen LogP contribution in [0, 0.1) is 6.92 Å². The van der Waals surface area contributed by atoms with E-state index in [-0.39, 0.29) is 6.85 Å². The normalized spacial score (nSPS) is 13.1. The van der Waals surface area contributed by atoms with Crippen molar-refractivity contribution in [1.29, 1.82) is 0 Å². The number of benzene rings is 3. The van der Waals surface area contributed by atoms with E-state index in [1.165, 1.54) is 33.3 Å². The molecule has 4 rings (SSSR count). The molecule has 1 aliphatic heterocycles. The molecule has 0 radical (unpaired) electrons. The molecule has 110 valence electrons. The lowest BCUT2D eigenvalue weighted by Gasteiger charge is -2.26. The molecule has 0 saturated heterocycles. The van der Waals surface area contributed by atoms with Crippen LogP contribution < -0.4 is 10.7 Å². The van der Waals surface area contributed by atoms with E-state index in [4.69, 9.17) is 0 Å². The van der Waals surface area contributed by atoms with E-state index in [2.05, 4.69) is 97.1 Å². The summed E-state index contributed by atoms with van der Waals surface area (Å²) in [4.78, 5) is 0. The van der Waals surface area contributed by atoms with Gasteiger partial charge in [-0.1, -0.05) is 89.9 Å². The summed E-state index contributed by atoms with van der Waals surface area (Å²) in [6.45, 7) is 2.30. The molecule has 0 spiro atoms. The molecule has 0 saturated carbocycles. The van der Waals surface area contributed by atoms with Crippen LogP contribution in [-0.2, 0) is 0 Å². The Morgan fingerprint density at radius 2 is 1.43 bits per heavy atom. The molecule has 0 unspecified atom stereocenters. The van der Waals surface area contributed by atoms with Crippen LogP contribution in [0.2, 0.25) is 0 Å². The maximum atomic E-state index is 3.71. The third-order valence-electron chi connectivity index (χ3n) is 4.40. The zero-order chi connectivity index (χ0) is 15.6. The summed E-state index contributed by atoms with van der Waals surface area (Å²) in [6.07, 6.45) is 2.31. The second-order valence-corrected chi connectivity index (χ2v) is 6.04. The molecule has 0 aliphatic carbocycles. The molecule has 0 bridgehead atoms. The Morgan fingerprint density at radius 1 is 0.739 bits per heavy atom. The van der Waals surface area contributed by atoms with Crippen molar-refractivity contribution in [2.24, 2.45) is 0 Å². The van der Waals surface area contributed by atoms with Crippen LogP contribution in [0.3, 0.4) is 0 Å². The Kier molecular flexibility index (Phi) is 3.51. The van der Waals surface area contributed by atoms with Gasteiger partial charge in [0.25, 0.3) is 0 Å². The second kappa shape index (κ2) is 5.81. The van der Waals surface area contributed by atoms with Gasteiger partial charge in [0.15, 0.2) is 0 Å². The molecule has 0 fully saturated rings. The fraction of sp³-hybridized carbons (Fsp3) is 0.0476. The highest BCUT2D eigenvalue weighted by molar-refractivity contribution is 6.93. The van der Waals surface area contributed by atoms with Gasteiger partial charge in [-0.25, -0.2) is 0 Å². The highest BCUT2D eigenvalue weighted by Gasteiger charge is 2.27. The molecule has 0 amide bonds. The van der Waals surface area contributed by atoms with Crippen LogP contribution >= 0.6 is 0 Å². The van der Waals surface area contributed by atoms with Gasteiger partial charge in [0, 0.05) is 5.69 Å². The van der Waals surface area contributed by atoms with Crippen LogP contribution in [0.5, 0.6) is 0 Å². The Morgan fingerprint density at radius 3 is 2.22 bits per heavy atom. The number of para-hydroxylation sites is 1. The summed E-state index contributed by atoms with van der Waals surface area (Å²) in [5.74, 6) is 0. The van der Waals surface area contributed by atoms with Gasteiger partial charge in [0.2, 0.25) is 0 Å². The van der Waals surface area contributed by atoms with Gasteiger partial charge in [-0.15, -0.1) is 0 Å². The standard InChI is InChI=1S/C21H18BN/c1-16-11-13-17(14-12-16)20-15-18-7-5-6-10-21(18)23-22(20)19-8-3-2-4-9-19/h2-15,23H,1H3. The van der Waals surface area contributed by atoms with Gasteiger partial charge in [0.05, 0.1) is 0 Å². The lowest BCUT2D eigenvalue weighted by molar-refractivity contribution is 1.46. The SMILES string of the molecule is Cc1ccc(C2=Cc3ccccc3NB2c2ccccc2)cc1. The van der Waals surface area contributed by atoms with Crippen molar-refractivity contribution in [1.82, 2.24) is 0 Å². The van der Waals surface area contributed by atoms with E-state index in [9.17, 15) is 0 Å². The summed E-state index contributed by atoms with van der Waals surface area (Å²) < 4.78 is 0. The molecule has 3 aromatic carbocycles. The molecule has 2 heteroatoms. The van der Waals surface area contributed by atoms with Gasteiger partial charge in [-0.05, 0) is 29.6 Å². The minimum Gasteiger partial charge on any atom is -0.420 e. The van der Waals surface area contributed by atoms with Crippen molar-refractivity contribution in [3.05, 3.63) is 95.6 Å². The van der Waals surface area contributed by atoms with Gasteiger partial charge in [0.1, 0.15) is 0 Å². The average Bonchev–Trinajstić information content (AvgIpc) is 2.62. The average molecular weight is 295 g/mol. The van der Waals surface area contributed by atoms with Gasteiger partial charge >= 0.3 is 6.85 Å². The van der Waals surface area contributed by atoms with Crippen LogP contribution in [0.4, 0.5) is 5.69 Å². The van der Waals surface area contributed by atoms with Crippen molar-refractivity contribution >= 4 is 29.5 Å². The van der Waals surface area contributed by atoms with Crippen molar-refractivity contribution in [2.75, 3.05) is 5.23 Å². The predicted molar refractivity (Wildman–Crippen MR) is 101 cm³/mol. The summed E-state index contributed by atoms with van der Waals surface area (Å²) in [5, 5.41) is 3.71. The molecule has 1 heterocycles. The van der Waals surface area contributed by atoms with E-state index < -0.39 is 0 Å². The van der Waals surface area contributed by atoms with Crippen LogP contribution in [0.15, 0.2) is 78.9 Å². The fourth-order valence-corrected chi connectivity index (χ4v) is 3.14. The topological polar surface area (TPSA) is 12.0 Å². The van der Waals surface area contributed by atoms with Crippen LogP contribution in [0.25, 0.3) is 11.5 Å². The molecule has 0 atom stereocenters. The zero-order valence-corrected chi connectivity index (χ0v) is 13.2. The van der Waals surface area contributed by atoms with Crippen molar-refractivity contribution in [3.8, 4) is 0 Å². The molecule has 1 aliphatic rings. The van der Waals surface area contributed by atoms with Crippen molar-refractivity contribution in [2.45, 2.75) is 6.92 Å². The number of hydrogen-bond acceptors (Lipinski definition) is 1. The minimum atomic E-state index is 0.175. The number of aryl methyl sites for hydroxylation is 1. The highest BCUT2D eigenvalue weighted by atomic mass is 14.8. The smallest absolute Gasteiger partial charge is 0.321 e. The van der Waals surface area contributed by atoms with Gasteiger partial charge in [-0.3, -0.25) is 0 Å². The first-order chi connectivity index (χ1) is 11.3. The van der Waals surface area contributed by atoms with E-state index in [1.807, 2.05) is 0 Å². The summed E-state index contributed by atoms with van der Waals surface area (Å²) in [5.41, 5.74) is 7.59. The van der Waals surface area contributed by atoms with E-state index >= 15 is 0 Å². The Balaban J connectivity index is 1.86. The Hall–Kier alpha value is -2.74. The fourth-order valence-electron chi connectivity index (χ4n) is 3.14. The number of fused-ring (bicyclic) bond motifs is 1. The number of rotatable bonds is 2. The summed E-state index contributed by atoms with van der Waals surface area (Å²) in [6, 6.07) is 27.9. The molecule has 0 aromatic heterocycles. The van der Waals surface area contributed by atoms with Crippen LogP contribution in [0.1, 0.15) is 16.7 Å². The lowest BCUT2D eigenvalue weighted by Crippen LogP contribution is -2.41. The summed E-state index contributed by atoms with van der Waals surface area (Å²) in [7, 11) is 0. The number of hydrogen-bond donors (Lipinski definition) is 1. The molecule has 1 N–H and O–H groups in total. The third-order valence-corrected chi connectivity index (χ3v) is 4.40. The Labute approximate surface area is 137 Å². The molecule has 3 aromatic rings. The molecular weight excluding hydrogens is 277 g/mol. The van der Waals surface area contributed by atoms with E-state index in [1.54, 1.807) is 0 Å². The number of nitrogens with one attached hydrogen (secondary N) is 1. The quantitative estimate of drug-likeness (QED) is 0.691. The number of anilines is 1. The lowest BCUT2D eigenvalue weighted by atomic mass is 9.47. The van der Waals surface area contributed by atoms with Gasteiger partial charge < -0.3 is 5.23 Å². The molecule has 23 heavy (non-hydrogen) atoms. The highest BCUT2D eigenvalue weighted by Crippen LogP contribution is 2.30. The van der Waals surface area contributed by atoms with Crippen molar-refractivity contribution < 1.29 is 0 Å². The largest absolute Gasteiger partial charge is 0.420 e. The maximum absolute atomic E-state index is 3.71. The Bertz CT molecular complexity index is 851. The monoisotopic (exact) mass is 295 g/mol. The van der Waals surface area contributed by atoms with Crippen LogP contribution in [-0.4, -0.2) is 6.85 Å². The van der Waals surface area contributed by atoms with Crippen molar-refractivity contribution in [3.63, 3.8) is 0 Å².